The quantitative estimate of drug-likeness (QED) is 0.893. The molecule has 2 rings (SSSR count). The summed E-state index contributed by atoms with van der Waals surface area (Å²) < 4.78 is 28.9. The van der Waals surface area contributed by atoms with Crippen LogP contribution < -0.4 is 15.8 Å². The van der Waals surface area contributed by atoms with Crippen LogP contribution in [0.15, 0.2) is 18.2 Å². The largest absolute Gasteiger partial charge is 0.434 e. The minimum absolute atomic E-state index is 0.0703. The van der Waals surface area contributed by atoms with Crippen LogP contribution in [0.4, 0.5) is 14.5 Å². The van der Waals surface area contributed by atoms with E-state index in [9.17, 15) is 13.6 Å². The van der Waals surface area contributed by atoms with E-state index in [1.807, 2.05) is 0 Å². The smallest absolute Gasteiger partial charge is 0.387 e. The van der Waals surface area contributed by atoms with E-state index in [0.29, 0.717) is 17.7 Å². The number of hydrogen-bond acceptors (Lipinski definition) is 3. The van der Waals surface area contributed by atoms with Crippen molar-refractivity contribution in [2.24, 2.45) is 11.7 Å². The van der Waals surface area contributed by atoms with Gasteiger partial charge in [-0.05, 0) is 37.8 Å². The van der Waals surface area contributed by atoms with Crippen LogP contribution in [0.1, 0.15) is 24.8 Å². The third-order valence-corrected chi connectivity index (χ3v) is 3.52. The molecule has 0 bridgehead atoms. The fourth-order valence-electron chi connectivity index (χ4n) is 2.40. The van der Waals surface area contributed by atoms with E-state index in [2.05, 4.69) is 10.1 Å². The van der Waals surface area contributed by atoms with Crippen LogP contribution in [0.2, 0.25) is 0 Å². The lowest BCUT2D eigenvalue weighted by Gasteiger charge is -2.13. The number of alkyl halides is 2. The average molecular weight is 284 g/mol. The van der Waals surface area contributed by atoms with Gasteiger partial charge in [-0.25, -0.2) is 0 Å². The number of nitrogens with two attached hydrogens (primary N) is 1. The van der Waals surface area contributed by atoms with Gasteiger partial charge in [0.2, 0.25) is 5.91 Å². The number of benzene rings is 1. The Kier molecular flexibility index (Phi) is 4.54. The van der Waals surface area contributed by atoms with Gasteiger partial charge in [0, 0.05) is 23.7 Å². The Hall–Kier alpha value is -1.69. The molecule has 1 aromatic rings. The minimum atomic E-state index is -2.88. The van der Waals surface area contributed by atoms with Gasteiger partial charge >= 0.3 is 6.61 Å². The van der Waals surface area contributed by atoms with Crippen LogP contribution in [0.5, 0.6) is 5.75 Å². The molecule has 2 atom stereocenters. The molecule has 1 aromatic carbocycles. The van der Waals surface area contributed by atoms with Crippen LogP contribution in [0, 0.1) is 12.8 Å². The molecule has 4 nitrogen and oxygen atoms in total. The van der Waals surface area contributed by atoms with Crippen molar-refractivity contribution in [1.82, 2.24) is 0 Å². The second-order valence-electron chi connectivity index (χ2n) is 5.12. The number of anilines is 1. The van der Waals surface area contributed by atoms with E-state index < -0.39 is 6.61 Å². The van der Waals surface area contributed by atoms with Crippen LogP contribution >= 0.6 is 0 Å². The molecule has 0 heterocycles. The summed E-state index contributed by atoms with van der Waals surface area (Å²) >= 11 is 0. The normalized spacial score (nSPS) is 22.1. The molecule has 20 heavy (non-hydrogen) atoms. The molecule has 6 heteroatoms. The van der Waals surface area contributed by atoms with E-state index in [-0.39, 0.29) is 23.6 Å². The third kappa shape index (κ3) is 3.66. The molecule has 0 aliphatic heterocycles. The molecule has 1 amide bonds. The Bertz CT molecular complexity index is 494. The summed E-state index contributed by atoms with van der Waals surface area (Å²) in [5.41, 5.74) is 6.82. The summed E-state index contributed by atoms with van der Waals surface area (Å²) in [6.45, 7) is -1.22. The SMILES string of the molecule is Cc1ccc(NC(=O)C2CCC(N)C2)cc1OC(F)F. The van der Waals surface area contributed by atoms with Crippen molar-refractivity contribution in [2.45, 2.75) is 38.8 Å². The first-order valence-corrected chi connectivity index (χ1v) is 6.57. The zero-order valence-corrected chi connectivity index (χ0v) is 11.2. The first-order valence-electron chi connectivity index (χ1n) is 6.57. The number of hydrogen-bond donors (Lipinski definition) is 2. The molecule has 3 N–H and O–H groups in total. The van der Waals surface area contributed by atoms with E-state index in [1.165, 1.54) is 6.07 Å². The Morgan fingerprint density at radius 3 is 2.80 bits per heavy atom. The average Bonchev–Trinajstić information content (AvgIpc) is 2.79. The maximum absolute atomic E-state index is 12.3. The van der Waals surface area contributed by atoms with Gasteiger partial charge in [0.1, 0.15) is 5.75 Å². The van der Waals surface area contributed by atoms with Gasteiger partial charge in [-0.2, -0.15) is 8.78 Å². The first kappa shape index (κ1) is 14.7. The third-order valence-electron chi connectivity index (χ3n) is 3.52. The highest BCUT2D eigenvalue weighted by atomic mass is 19.3. The molecule has 0 radical (unpaired) electrons. The zero-order valence-electron chi connectivity index (χ0n) is 11.2. The summed E-state index contributed by atoms with van der Waals surface area (Å²) in [7, 11) is 0. The zero-order chi connectivity index (χ0) is 14.7. The van der Waals surface area contributed by atoms with Crippen molar-refractivity contribution in [3.05, 3.63) is 23.8 Å². The predicted molar refractivity (Wildman–Crippen MR) is 71.8 cm³/mol. The van der Waals surface area contributed by atoms with E-state index in [1.54, 1.807) is 19.1 Å². The minimum Gasteiger partial charge on any atom is -0.434 e. The molecule has 0 spiro atoms. The van der Waals surface area contributed by atoms with Gasteiger partial charge in [0.25, 0.3) is 0 Å². The van der Waals surface area contributed by atoms with Gasteiger partial charge in [-0.1, -0.05) is 6.07 Å². The van der Waals surface area contributed by atoms with Crippen molar-refractivity contribution in [1.29, 1.82) is 0 Å². The lowest BCUT2D eigenvalue weighted by molar-refractivity contribution is -0.119. The summed E-state index contributed by atoms with van der Waals surface area (Å²) in [5.74, 6) is -0.156. The highest BCUT2D eigenvalue weighted by molar-refractivity contribution is 5.93. The number of aryl methyl sites for hydroxylation is 1. The Morgan fingerprint density at radius 2 is 2.20 bits per heavy atom. The van der Waals surface area contributed by atoms with Crippen molar-refractivity contribution in [3.63, 3.8) is 0 Å². The molecule has 110 valence electrons. The molecule has 0 aromatic heterocycles. The number of carbonyl (C=O) groups is 1. The van der Waals surface area contributed by atoms with Crippen LogP contribution in [0.3, 0.4) is 0 Å². The number of ether oxygens (including phenoxy) is 1. The van der Waals surface area contributed by atoms with E-state index in [0.717, 1.165) is 12.8 Å². The molecular weight excluding hydrogens is 266 g/mol. The van der Waals surface area contributed by atoms with Crippen molar-refractivity contribution in [2.75, 3.05) is 5.32 Å². The number of halogens is 2. The lowest BCUT2D eigenvalue weighted by atomic mass is 10.1. The molecule has 2 unspecified atom stereocenters. The second kappa shape index (κ2) is 6.17. The predicted octanol–water partition coefficient (Wildman–Crippen LogP) is 2.66. The fourth-order valence-corrected chi connectivity index (χ4v) is 2.40. The molecular formula is C14H18F2N2O2. The van der Waals surface area contributed by atoms with Crippen LogP contribution in [-0.2, 0) is 4.79 Å². The second-order valence-corrected chi connectivity index (χ2v) is 5.12. The monoisotopic (exact) mass is 284 g/mol. The standard InChI is InChI=1S/C14H18F2N2O2/c1-8-2-5-11(7-12(8)20-14(15)16)18-13(19)9-3-4-10(17)6-9/h2,5,7,9-10,14H,3-4,6,17H2,1H3,(H,18,19). The molecule has 0 saturated heterocycles. The van der Waals surface area contributed by atoms with E-state index in [4.69, 9.17) is 5.73 Å². The first-order chi connectivity index (χ1) is 9.45. The Balaban J connectivity index is 2.04. The maximum Gasteiger partial charge on any atom is 0.387 e. The van der Waals surface area contributed by atoms with Crippen LogP contribution in [-0.4, -0.2) is 18.6 Å². The summed E-state index contributed by atoms with van der Waals surface area (Å²) in [6.07, 6.45) is 2.27. The lowest BCUT2D eigenvalue weighted by Crippen LogP contribution is -2.23. The highest BCUT2D eigenvalue weighted by Crippen LogP contribution is 2.28. The van der Waals surface area contributed by atoms with Gasteiger partial charge in [-0.15, -0.1) is 0 Å². The summed E-state index contributed by atoms with van der Waals surface area (Å²) in [6, 6.07) is 4.78. The number of carbonyl (C=O) groups excluding carboxylic acids is 1. The summed E-state index contributed by atoms with van der Waals surface area (Å²) in [5, 5.41) is 2.73. The maximum atomic E-state index is 12.3. The molecule has 1 saturated carbocycles. The van der Waals surface area contributed by atoms with Crippen molar-refractivity contribution in [3.8, 4) is 5.75 Å². The Labute approximate surface area is 116 Å². The number of rotatable bonds is 4. The van der Waals surface area contributed by atoms with Gasteiger partial charge < -0.3 is 15.8 Å². The molecule has 1 aliphatic rings. The fraction of sp³-hybridized carbons (Fsp3) is 0.500. The number of nitrogens with one attached hydrogen (secondary N) is 1. The van der Waals surface area contributed by atoms with E-state index >= 15 is 0 Å². The Morgan fingerprint density at radius 1 is 1.45 bits per heavy atom. The summed E-state index contributed by atoms with van der Waals surface area (Å²) in [4.78, 5) is 12.0. The number of amides is 1. The molecule has 1 aliphatic carbocycles. The van der Waals surface area contributed by atoms with Gasteiger partial charge in [0.15, 0.2) is 0 Å². The van der Waals surface area contributed by atoms with Gasteiger partial charge in [-0.3, -0.25) is 4.79 Å². The van der Waals surface area contributed by atoms with Crippen molar-refractivity contribution < 1.29 is 18.3 Å². The topological polar surface area (TPSA) is 64.4 Å². The van der Waals surface area contributed by atoms with Crippen LogP contribution in [0.25, 0.3) is 0 Å². The van der Waals surface area contributed by atoms with Crippen molar-refractivity contribution >= 4 is 11.6 Å². The highest BCUT2D eigenvalue weighted by Gasteiger charge is 2.27. The molecule has 1 fully saturated rings. The van der Waals surface area contributed by atoms with Gasteiger partial charge in [0.05, 0.1) is 0 Å².